The van der Waals surface area contributed by atoms with Crippen molar-refractivity contribution in [1.82, 2.24) is 15.1 Å². The van der Waals surface area contributed by atoms with E-state index in [0.29, 0.717) is 19.6 Å². The van der Waals surface area contributed by atoms with Crippen LogP contribution in [0.1, 0.15) is 12.0 Å². The molecule has 2 rings (SSSR count). The minimum absolute atomic E-state index is 0.289. The highest BCUT2D eigenvalue weighted by Gasteiger charge is 2.25. The largest absolute Gasteiger partial charge is 0.333 e. The molecular formula is C15H20FN3O2. The molecule has 0 atom stereocenters. The summed E-state index contributed by atoms with van der Waals surface area (Å²) in [5.74, 6) is -1.31. The van der Waals surface area contributed by atoms with E-state index in [1.807, 2.05) is 0 Å². The number of nitrogens with zero attached hydrogens (tertiary/aromatic N) is 2. The van der Waals surface area contributed by atoms with Crippen molar-refractivity contribution in [2.24, 2.45) is 0 Å². The summed E-state index contributed by atoms with van der Waals surface area (Å²) in [4.78, 5) is 27.3. The van der Waals surface area contributed by atoms with Crippen LogP contribution in [0.4, 0.5) is 4.39 Å². The van der Waals surface area contributed by atoms with Crippen molar-refractivity contribution in [3.63, 3.8) is 0 Å². The Labute approximate surface area is 123 Å². The second-order valence-corrected chi connectivity index (χ2v) is 5.18. The Morgan fingerprint density at radius 2 is 1.95 bits per heavy atom. The van der Waals surface area contributed by atoms with Gasteiger partial charge in [-0.1, -0.05) is 12.1 Å². The van der Waals surface area contributed by atoms with E-state index in [1.54, 1.807) is 24.1 Å². The summed E-state index contributed by atoms with van der Waals surface area (Å²) in [6.07, 6.45) is 0.848. The van der Waals surface area contributed by atoms with Gasteiger partial charge < -0.3 is 15.1 Å². The van der Waals surface area contributed by atoms with Gasteiger partial charge in [-0.05, 0) is 30.7 Å². The molecule has 0 aliphatic carbocycles. The van der Waals surface area contributed by atoms with Crippen LogP contribution in [0, 0.1) is 5.82 Å². The van der Waals surface area contributed by atoms with Crippen molar-refractivity contribution in [2.45, 2.75) is 13.0 Å². The summed E-state index contributed by atoms with van der Waals surface area (Å²) in [6.45, 7) is 3.01. The van der Waals surface area contributed by atoms with Gasteiger partial charge in [0.05, 0.1) is 0 Å². The Morgan fingerprint density at radius 3 is 2.67 bits per heavy atom. The summed E-state index contributed by atoms with van der Waals surface area (Å²) in [6, 6.07) is 5.91. The predicted octanol–water partition coefficient (Wildman–Crippen LogP) is 0.606. The van der Waals surface area contributed by atoms with Crippen LogP contribution in [0.15, 0.2) is 24.3 Å². The van der Waals surface area contributed by atoms with E-state index in [1.165, 1.54) is 17.0 Å². The summed E-state index contributed by atoms with van der Waals surface area (Å²) in [7, 11) is 1.58. The van der Waals surface area contributed by atoms with E-state index >= 15 is 0 Å². The van der Waals surface area contributed by atoms with Gasteiger partial charge in [0.1, 0.15) is 5.82 Å². The Hall–Kier alpha value is -1.95. The minimum Gasteiger partial charge on any atom is -0.333 e. The van der Waals surface area contributed by atoms with Gasteiger partial charge in [-0.2, -0.15) is 0 Å². The molecule has 0 radical (unpaired) electrons. The quantitative estimate of drug-likeness (QED) is 0.813. The third kappa shape index (κ3) is 4.26. The highest BCUT2D eigenvalue weighted by Crippen LogP contribution is 2.07. The highest BCUT2D eigenvalue weighted by atomic mass is 19.1. The maximum atomic E-state index is 12.8. The Morgan fingerprint density at radius 1 is 1.24 bits per heavy atom. The van der Waals surface area contributed by atoms with E-state index in [9.17, 15) is 14.0 Å². The molecule has 1 heterocycles. The summed E-state index contributed by atoms with van der Waals surface area (Å²) in [5.41, 5.74) is 0.789. The second-order valence-electron chi connectivity index (χ2n) is 5.18. The molecule has 1 aromatic carbocycles. The number of carbonyl (C=O) groups is 2. The van der Waals surface area contributed by atoms with E-state index in [-0.39, 0.29) is 12.4 Å². The molecule has 1 aliphatic heterocycles. The normalized spacial score (nSPS) is 15.4. The van der Waals surface area contributed by atoms with Gasteiger partial charge in [0.2, 0.25) is 0 Å². The molecule has 0 saturated carbocycles. The molecule has 1 aromatic rings. The first-order valence-electron chi connectivity index (χ1n) is 7.07. The summed E-state index contributed by atoms with van der Waals surface area (Å²) < 4.78 is 12.8. The van der Waals surface area contributed by atoms with Gasteiger partial charge in [0, 0.05) is 33.2 Å². The van der Waals surface area contributed by atoms with Crippen LogP contribution in [0.2, 0.25) is 0 Å². The third-order valence-electron chi connectivity index (χ3n) is 3.49. The lowest BCUT2D eigenvalue weighted by Crippen LogP contribution is -2.44. The Kier molecular flexibility index (Phi) is 5.27. The monoisotopic (exact) mass is 293 g/mol. The molecule has 2 amide bonds. The zero-order chi connectivity index (χ0) is 15.2. The fourth-order valence-corrected chi connectivity index (χ4v) is 2.28. The number of hydrogen-bond donors (Lipinski definition) is 1. The minimum atomic E-state index is -0.527. The van der Waals surface area contributed by atoms with Crippen LogP contribution in [-0.4, -0.2) is 54.8 Å². The van der Waals surface area contributed by atoms with E-state index in [0.717, 1.165) is 18.5 Å². The molecule has 1 aliphatic rings. The Balaban J connectivity index is 1.94. The first-order valence-corrected chi connectivity index (χ1v) is 7.07. The molecule has 1 fully saturated rings. The topological polar surface area (TPSA) is 52.7 Å². The van der Waals surface area contributed by atoms with Crippen molar-refractivity contribution in [3.05, 3.63) is 35.6 Å². The number of rotatable bonds is 2. The fourth-order valence-electron chi connectivity index (χ4n) is 2.28. The van der Waals surface area contributed by atoms with Crippen molar-refractivity contribution in [2.75, 3.05) is 33.2 Å². The molecule has 0 aromatic heterocycles. The van der Waals surface area contributed by atoms with Gasteiger partial charge >= 0.3 is 11.8 Å². The van der Waals surface area contributed by atoms with Gasteiger partial charge in [-0.15, -0.1) is 0 Å². The van der Waals surface area contributed by atoms with Crippen LogP contribution in [0.25, 0.3) is 0 Å². The molecule has 21 heavy (non-hydrogen) atoms. The molecule has 1 saturated heterocycles. The molecule has 5 nitrogen and oxygen atoms in total. The molecular weight excluding hydrogens is 273 g/mol. The molecule has 0 spiro atoms. The lowest BCUT2D eigenvalue weighted by atomic mass is 10.2. The molecule has 0 unspecified atom stereocenters. The number of benzene rings is 1. The van der Waals surface area contributed by atoms with Gasteiger partial charge in [0.25, 0.3) is 0 Å². The number of carbonyl (C=O) groups excluding carboxylic acids is 2. The standard InChI is InChI=1S/C15H20FN3O2/c1-18(11-12-3-5-13(16)6-4-12)14(20)15(21)19-9-2-7-17-8-10-19/h3-6,17H,2,7-11H2,1H3. The first-order chi connectivity index (χ1) is 10.1. The van der Waals surface area contributed by atoms with Crippen LogP contribution < -0.4 is 5.32 Å². The van der Waals surface area contributed by atoms with E-state index < -0.39 is 11.8 Å². The number of amides is 2. The van der Waals surface area contributed by atoms with Crippen LogP contribution >= 0.6 is 0 Å². The zero-order valence-corrected chi connectivity index (χ0v) is 12.1. The third-order valence-corrected chi connectivity index (χ3v) is 3.49. The SMILES string of the molecule is CN(Cc1ccc(F)cc1)C(=O)C(=O)N1CCCNCC1. The zero-order valence-electron chi connectivity index (χ0n) is 12.1. The average Bonchev–Trinajstić information content (AvgIpc) is 2.77. The summed E-state index contributed by atoms with van der Waals surface area (Å²) >= 11 is 0. The van der Waals surface area contributed by atoms with Crippen molar-refractivity contribution >= 4 is 11.8 Å². The average molecular weight is 293 g/mol. The van der Waals surface area contributed by atoms with Gasteiger partial charge in [-0.3, -0.25) is 9.59 Å². The maximum Gasteiger partial charge on any atom is 0.312 e. The van der Waals surface area contributed by atoms with E-state index in [4.69, 9.17) is 0 Å². The number of likely N-dealkylation sites (N-methyl/N-ethyl adjacent to an activating group) is 1. The van der Waals surface area contributed by atoms with Crippen LogP contribution in [-0.2, 0) is 16.1 Å². The molecule has 114 valence electrons. The van der Waals surface area contributed by atoms with Crippen LogP contribution in [0.3, 0.4) is 0 Å². The van der Waals surface area contributed by atoms with Gasteiger partial charge in [-0.25, -0.2) is 4.39 Å². The number of halogens is 1. The van der Waals surface area contributed by atoms with Crippen molar-refractivity contribution in [3.8, 4) is 0 Å². The predicted molar refractivity (Wildman–Crippen MR) is 76.9 cm³/mol. The second kappa shape index (κ2) is 7.17. The van der Waals surface area contributed by atoms with Crippen LogP contribution in [0.5, 0.6) is 0 Å². The lowest BCUT2D eigenvalue weighted by molar-refractivity contribution is -0.151. The fraction of sp³-hybridized carbons (Fsp3) is 0.467. The molecule has 6 heteroatoms. The summed E-state index contributed by atoms with van der Waals surface area (Å²) in [5, 5.41) is 3.19. The highest BCUT2D eigenvalue weighted by molar-refractivity contribution is 6.34. The lowest BCUT2D eigenvalue weighted by Gasteiger charge is -2.23. The Bertz CT molecular complexity index is 496. The van der Waals surface area contributed by atoms with Crippen molar-refractivity contribution in [1.29, 1.82) is 0 Å². The van der Waals surface area contributed by atoms with Crippen molar-refractivity contribution < 1.29 is 14.0 Å². The first kappa shape index (κ1) is 15.4. The molecule has 1 N–H and O–H groups in total. The van der Waals surface area contributed by atoms with Gasteiger partial charge in [0.15, 0.2) is 0 Å². The molecule has 0 bridgehead atoms. The number of hydrogen-bond acceptors (Lipinski definition) is 3. The van der Waals surface area contributed by atoms with E-state index in [2.05, 4.69) is 5.32 Å². The maximum absolute atomic E-state index is 12.8. The smallest absolute Gasteiger partial charge is 0.312 e. The number of nitrogens with one attached hydrogen (secondary N) is 1.